The third kappa shape index (κ3) is 4.93. The minimum Gasteiger partial charge on any atom is -0.490 e. The summed E-state index contributed by atoms with van der Waals surface area (Å²) in [5.41, 5.74) is 1.85. The van der Waals surface area contributed by atoms with Crippen molar-refractivity contribution in [2.45, 2.75) is 26.2 Å². The number of benzene rings is 2. The lowest BCUT2D eigenvalue weighted by atomic mass is 9.99. The first-order valence-electron chi connectivity index (χ1n) is 9.48. The first kappa shape index (κ1) is 20.4. The average molecular weight is 397 g/mol. The fraction of sp³-hybridized carbons (Fsp3) is 0.318. The van der Waals surface area contributed by atoms with E-state index < -0.39 is 12.6 Å². The molecule has 3 rings (SSSR count). The van der Waals surface area contributed by atoms with Gasteiger partial charge in [-0.15, -0.1) is 0 Å². The second kappa shape index (κ2) is 9.23. The van der Waals surface area contributed by atoms with Crippen molar-refractivity contribution < 1.29 is 28.6 Å². The van der Waals surface area contributed by atoms with Gasteiger partial charge in [0, 0.05) is 11.3 Å². The van der Waals surface area contributed by atoms with E-state index in [1.165, 1.54) is 0 Å². The van der Waals surface area contributed by atoms with Gasteiger partial charge in [0.15, 0.2) is 30.5 Å². The van der Waals surface area contributed by atoms with Crippen molar-refractivity contribution in [1.29, 1.82) is 0 Å². The molecule has 1 aliphatic rings. The van der Waals surface area contributed by atoms with Crippen LogP contribution in [0.5, 0.6) is 11.5 Å². The molecule has 29 heavy (non-hydrogen) atoms. The quantitative estimate of drug-likeness (QED) is 0.516. The van der Waals surface area contributed by atoms with Crippen LogP contribution in [0.4, 0.5) is 5.69 Å². The van der Waals surface area contributed by atoms with E-state index in [0.29, 0.717) is 29.4 Å². The lowest BCUT2D eigenvalue weighted by Crippen LogP contribution is -2.19. The van der Waals surface area contributed by atoms with Gasteiger partial charge in [0.05, 0.1) is 12.5 Å². The van der Waals surface area contributed by atoms with Gasteiger partial charge in [-0.1, -0.05) is 19.1 Å². The summed E-state index contributed by atoms with van der Waals surface area (Å²) in [4.78, 5) is 36.0. The molecule has 1 atom stereocenters. The van der Waals surface area contributed by atoms with Crippen LogP contribution in [-0.4, -0.2) is 37.5 Å². The van der Waals surface area contributed by atoms with Crippen LogP contribution in [0.1, 0.15) is 42.1 Å². The number of rotatable bonds is 9. The molecule has 0 spiro atoms. The maximum Gasteiger partial charge on any atom is 0.344 e. The van der Waals surface area contributed by atoms with Crippen LogP contribution in [0.2, 0.25) is 0 Å². The highest BCUT2D eigenvalue weighted by Gasteiger charge is 2.27. The SMILES string of the molecule is CCCOc1ccccc1OCC(=O)OCC(=O)c1ccc2c(c1)[C@H](C)C(=O)N2. The Morgan fingerprint density at radius 1 is 1.03 bits per heavy atom. The number of anilines is 1. The first-order chi connectivity index (χ1) is 14.0. The van der Waals surface area contributed by atoms with Crippen molar-refractivity contribution in [3.63, 3.8) is 0 Å². The standard InChI is InChI=1S/C22H23NO6/c1-3-10-27-19-6-4-5-7-20(19)28-13-21(25)29-12-18(24)15-8-9-17-16(11-15)14(2)22(26)23-17/h4-9,11,14H,3,10,12-13H2,1-2H3,(H,23,26)/t14-/m0/s1. The molecule has 2 aromatic carbocycles. The Balaban J connectivity index is 1.51. The van der Waals surface area contributed by atoms with Gasteiger partial charge in [0.25, 0.3) is 0 Å². The number of amides is 1. The van der Waals surface area contributed by atoms with Gasteiger partial charge in [0.1, 0.15) is 0 Å². The van der Waals surface area contributed by atoms with Gasteiger partial charge in [-0.25, -0.2) is 4.79 Å². The lowest BCUT2D eigenvalue weighted by Gasteiger charge is -2.12. The molecule has 7 nitrogen and oxygen atoms in total. The maximum absolute atomic E-state index is 12.3. The molecular formula is C22H23NO6. The number of carbonyl (C=O) groups excluding carboxylic acids is 3. The summed E-state index contributed by atoms with van der Waals surface area (Å²) in [6.07, 6.45) is 0.851. The number of Topliss-reactive ketones (excluding diaryl/α,β-unsaturated/α-hetero) is 1. The fourth-order valence-corrected chi connectivity index (χ4v) is 2.90. The largest absolute Gasteiger partial charge is 0.490 e. The Kier molecular flexibility index (Phi) is 6.49. The second-order valence-electron chi connectivity index (χ2n) is 6.68. The smallest absolute Gasteiger partial charge is 0.344 e. The van der Waals surface area contributed by atoms with E-state index in [1.54, 1.807) is 43.3 Å². The molecule has 0 aliphatic carbocycles. The summed E-state index contributed by atoms with van der Waals surface area (Å²) in [5.74, 6) is -0.433. The van der Waals surface area contributed by atoms with Crippen molar-refractivity contribution in [3.8, 4) is 11.5 Å². The molecule has 152 valence electrons. The first-order valence-corrected chi connectivity index (χ1v) is 9.48. The van der Waals surface area contributed by atoms with E-state index in [2.05, 4.69) is 5.32 Å². The number of ketones is 1. The van der Waals surface area contributed by atoms with Crippen LogP contribution >= 0.6 is 0 Å². The molecular weight excluding hydrogens is 374 g/mol. The van der Waals surface area contributed by atoms with Crippen LogP contribution < -0.4 is 14.8 Å². The van der Waals surface area contributed by atoms with Gasteiger partial charge < -0.3 is 19.5 Å². The molecule has 1 aliphatic heterocycles. The predicted octanol–water partition coefficient (Wildman–Crippen LogP) is 3.34. The molecule has 1 heterocycles. The molecule has 0 radical (unpaired) electrons. The maximum atomic E-state index is 12.3. The molecule has 7 heteroatoms. The van der Waals surface area contributed by atoms with Gasteiger partial charge >= 0.3 is 5.97 Å². The molecule has 0 aromatic heterocycles. The van der Waals surface area contributed by atoms with Crippen molar-refractivity contribution in [1.82, 2.24) is 0 Å². The van der Waals surface area contributed by atoms with E-state index in [0.717, 1.165) is 12.0 Å². The van der Waals surface area contributed by atoms with Crippen LogP contribution in [0, 0.1) is 0 Å². The highest BCUT2D eigenvalue weighted by Crippen LogP contribution is 2.32. The molecule has 0 bridgehead atoms. The van der Waals surface area contributed by atoms with E-state index in [1.807, 2.05) is 13.0 Å². The van der Waals surface area contributed by atoms with Crippen LogP contribution in [0.3, 0.4) is 0 Å². The minimum atomic E-state index is -0.657. The Bertz CT molecular complexity index is 923. The molecule has 2 aromatic rings. The number of nitrogens with one attached hydrogen (secondary N) is 1. The Labute approximate surface area is 169 Å². The highest BCUT2D eigenvalue weighted by atomic mass is 16.6. The monoisotopic (exact) mass is 397 g/mol. The Morgan fingerprint density at radius 2 is 1.76 bits per heavy atom. The minimum absolute atomic E-state index is 0.101. The van der Waals surface area contributed by atoms with Crippen molar-refractivity contribution in [2.75, 3.05) is 25.1 Å². The fourth-order valence-electron chi connectivity index (χ4n) is 2.90. The second-order valence-corrected chi connectivity index (χ2v) is 6.68. The third-order valence-electron chi connectivity index (χ3n) is 4.51. The molecule has 0 saturated heterocycles. The molecule has 0 unspecified atom stereocenters. The van der Waals surface area contributed by atoms with Gasteiger partial charge in [0.2, 0.25) is 5.91 Å². The van der Waals surface area contributed by atoms with Crippen LogP contribution in [-0.2, 0) is 14.3 Å². The zero-order valence-corrected chi connectivity index (χ0v) is 16.4. The predicted molar refractivity (Wildman–Crippen MR) is 106 cm³/mol. The van der Waals surface area contributed by atoms with Crippen molar-refractivity contribution >= 4 is 23.3 Å². The van der Waals surface area contributed by atoms with Crippen LogP contribution in [0.15, 0.2) is 42.5 Å². The number of esters is 1. The van der Waals surface area contributed by atoms with E-state index in [4.69, 9.17) is 14.2 Å². The number of fused-ring (bicyclic) bond motifs is 1. The van der Waals surface area contributed by atoms with Crippen LogP contribution in [0.25, 0.3) is 0 Å². The zero-order chi connectivity index (χ0) is 20.8. The lowest BCUT2D eigenvalue weighted by molar-refractivity contribution is -0.144. The summed E-state index contributed by atoms with van der Waals surface area (Å²) in [6, 6.07) is 12.0. The van der Waals surface area contributed by atoms with E-state index in [9.17, 15) is 14.4 Å². The van der Waals surface area contributed by atoms with Crippen molar-refractivity contribution in [2.24, 2.45) is 0 Å². The molecule has 0 fully saturated rings. The number of hydrogen-bond donors (Lipinski definition) is 1. The highest BCUT2D eigenvalue weighted by molar-refractivity contribution is 6.05. The number of carbonyl (C=O) groups is 3. The summed E-state index contributed by atoms with van der Waals surface area (Å²) < 4.78 is 16.1. The van der Waals surface area contributed by atoms with Crippen molar-refractivity contribution in [3.05, 3.63) is 53.6 Å². The number of hydrogen-bond acceptors (Lipinski definition) is 6. The number of ether oxygens (including phenoxy) is 3. The number of para-hydroxylation sites is 2. The summed E-state index contributed by atoms with van der Waals surface area (Å²) in [7, 11) is 0. The zero-order valence-electron chi connectivity index (χ0n) is 16.4. The normalized spacial score (nSPS) is 14.7. The molecule has 0 saturated carbocycles. The van der Waals surface area contributed by atoms with Gasteiger partial charge in [-0.2, -0.15) is 0 Å². The third-order valence-corrected chi connectivity index (χ3v) is 4.51. The summed E-state index contributed by atoms with van der Waals surface area (Å²) in [5, 5.41) is 2.75. The topological polar surface area (TPSA) is 90.9 Å². The Hall–Kier alpha value is -3.35. The van der Waals surface area contributed by atoms with E-state index >= 15 is 0 Å². The summed E-state index contributed by atoms with van der Waals surface area (Å²) in [6.45, 7) is 3.58. The molecule has 1 N–H and O–H groups in total. The van der Waals surface area contributed by atoms with E-state index in [-0.39, 0.29) is 24.2 Å². The molecule has 1 amide bonds. The van der Waals surface area contributed by atoms with Gasteiger partial charge in [-0.05, 0) is 49.2 Å². The Morgan fingerprint density at radius 3 is 2.48 bits per heavy atom. The summed E-state index contributed by atoms with van der Waals surface area (Å²) >= 11 is 0. The average Bonchev–Trinajstić information content (AvgIpc) is 3.02. The van der Waals surface area contributed by atoms with Gasteiger partial charge in [-0.3, -0.25) is 9.59 Å².